The van der Waals surface area contributed by atoms with Crippen molar-refractivity contribution in [1.82, 2.24) is 4.90 Å². The summed E-state index contributed by atoms with van der Waals surface area (Å²) in [5, 5.41) is 0. The Kier molecular flexibility index (Phi) is 4.73. The van der Waals surface area contributed by atoms with Gasteiger partial charge in [-0.05, 0) is 6.92 Å². The van der Waals surface area contributed by atoms with E-state index in [2.05, 4.69) is 0 Å². The number of carbonyl (C=O) groups excluding carboxylic acids is 2. The van der Waals surface area contributed by atoms with Gasteiger partial charge < -0.3 is 11.5 Å². The molecule has 0 radical (unpaired) electrons. The van der Waals surface area contributed by atoms with Crippen molar-refractivity contribution < 1.29 is 9.59 Å². The molecule has 0 rings (SSSR count). The van der Waals surface area contributed by atoms with Gasteiger partial charge >= 0.3 is 0 Å². The smallest absolute Gasteiger partial charge is 0.237 e. The van der Waals surface area contributed by atoms with Crippen molar-refractivity contribution in [3.8, 4) is 0 Å². The Balaban J connectivity index is 4.67. The molecule has 0 heterocycles. The van der Waals surface area contributed by atoms with Gasteiger partial charge in [-0.1, -0.05) is 6.92 Å². The van der Waals surface area contributed by atoms with Gasteiger partial charge in [0.15, 0.2) is 0 Å². The zero-order valence-electron chi connectivity index (χ0n) is 9.04. The van der Waals surface area contributed by atoms with Crippen molar-refractivity contribution in [2.45, 2.75) is 20.3 Å². The minimum Gasteiger partial charge on any atom is -0.329 e. The average molecular weight is 201 g/mol. The van der Waals surface area contributed by atoms with Crippen LogP contribution < -0.4 is 11.5 Å². The lowest BCUT2D eigenvalue weighted by molar-refractivity contribution is -0.148. The molecule has 5 heteroatoms. The molecular formula is C9H19N3O2. The highest BCUT2D eigenvalue weighted by molar-refractivity contribution is 5.97. The van der Waals surface area contributed by atoms with E-state index in [1.807, 2.05) is 0 Å². The van der Waals surface area contributed by atoms with Gasteiger partial charge in [0.05, 0.1) is 5.41 Å². The standard InChI is InChI=1S/C9H19N3O2/c1-4-7(13)12(3)8(14)9(2,5-10)6-11/h4-6,10-11H2,1-3H3. The summed E-state index contributed by atoms with van der Waals surface area (Å²) in [6, 6.07) is 0. The second-order valence-electron chi connectivity index (χ2n) is 3.58. The van der Waals surface area contributed by atoms with E-state index in [0.29, 0.717) is 6.42 Å². The van der Waals surface area contributed by atoms with Crippen LogP contribution in [0.3, 0.4) is 0 Å². The highest BCUT2D eigenvalue weighted by Gasteiger charge is 2.34. The zero-order valence-corrected chi connectivity index (χ0v) is 9.04. The van der Waals surface area contributed by atoms with Crippen molar-refractivity contribution in [2.24, 2.45) is 16.9 Å². The van der Waals surface area contributed by atoms with Crippen molar-refractivity contribution in [3.05, 3.63) is 0 Å². The lowest BCUT2D eigenvalue weighted by Crippen LogP contribution is -2.50. The Bertz CT molecular complexity index is 224. The number of hydrogen-bond acceptors (Lipinski definition) is 4. The normalized spacial score (nSPS) is 11.2. The van der Waals surface area contributed by atoms with E-state index in [4.69, 9.17) is 11.5 Å². The maximum absolute atomic E-state index is 11.8. The molecule has 0 atom stereocenters. The number of rotatable bonds is 4. The van der Waals surface area contributed by atoms with Gasteiger partial charge in [-0.15, -0.1) is 0 Å². The van der Waals surface area contributed by atoms with E-state index in [1.54, 1.807) is 13.8 Å². The van der Waals surface area contributed by atoms with E-state index in [9.17, 15) is 9.59 Å². The second kappa shape index (κ2) is 5.07. The molecule has 0 spiro atoms. The fourth-order valence-corrected chi connectivity index (χ4v) is 1.01. The number of nitrogens with two attached hydrogens (primary N) is 2. The van der Waals surface area contributed by atoms with Gasteiger partial charge in [-0.3, -0.25) is 14.5 Å². The molecule has 0 fully saturated rings. The summed E-state index contributed by atoms with van der Waals surface area (Å²) in [7, 11) is 1.46. The zero-order chi connectivity index (χ0) is 11.4. The van der Waals surface area contributed by atoms with E-state index in [-0.39, 0.29) is 24.9 Å². The average Bonchev–Trinajstić information content (AvgIpc) is 2.24. The highest BCUT2D eigenvalue weighted by atomic mass is 16.2. The third kappa shape index (κ3) is 2.52. The number of nitrogens with zero attached hydrogens (tertiary/aromatic N) is 1. The third-order valence-corrected chi connectivity index (χ3v) is 2.40. The molecule has 2 amide bonds. The predicted molar refractivity (Wildman–Crippen MR) is 54.3 cm³/mol. The monoisotopic (exact) mass is 201 g/mol. The van der Waals surface area contributed by atoms with Crippen LogP contribution >= 0.6 is 0 Å². The third-order valence-electron chi connectivity index (χ3n) is 2.40. The quantitative estimate of drug-likeness (QED) is 0.629. The van der Waals surface area contributed by atoms with Crippen LogP contribution in [-0.2, 0) is 9.59 Å². The maximum Gasteiger partial charge on any atom is 0.237 e. The van der Waals surface area contributed by atoms with Crippen LogP contribution in [0.5, 0.6) is 0 Å². The molecule has 0 aromatic carbocycles. The van der Waals surface area contributed by atoms with Crippen molar-refractivity contribution in [2.75, 3.05) is 20.1 Å². The molecule has 14 heavy (non-hydrogen) atoms. The van der Waals surface area contributed by atoms with E-state index < -0.39 is 5.41 Å². The Labute approximate surface area is 84.4 Å². The number of hydrogen-bond donors (Lipinski definition) is 2. The van der Waals surface area contributed by atoms with Crippen LogP contribution in [0.4, 0.5) is 0 Å². The Morgan fingerprint density at radius 2 is 1.71 bits per heavy atom. The van der Waals surface area contributed by atoms with E-state index in [1.165, 1.54) is 7.05 Å². The summed E-state index contributed by atoms with van der Waals surface area (Å²) >= 11 is 0. The topological polar surface area (TPSA) is 89.4 Å². The summed E-state index contributed by atoms with van der Waals surface area (Å²) in [5.74, 6) is -0.530. The summed E-state index contributed by atoms with van der Waals surface area (Å²) in [6.45, 7) is 3.65. The minimum absolute atomic E-state index is 0.143. The van der Waals surface area contributed by atoms with Crippen LogP contribution in [-0.4, -0.2) is 36.9 Å². The first-order chi connectivity index (χ1) is 6.42. The van der Waals surface area contributed by atoms with Crippen molar-refractivity contribution in [1.29, 1.82) is 0 Å². The Morgan fingerprint density at radius 3 is 2.00 bits per heavy atom. The number of carbonyl (C=O) groups is 2. The highest BCUT2D eigenvalue weighted by Crippen LogP contribution is 2.16. The summed E-state index contributed by atoms with van der Waals surface area (Å²) < 4.78 is 0. The summed E-state index contributed by atoms with van der Waals surface area (Å²) in [4.78, 5) is 24.1. The molecule has 0 aromatic heterocycles. The fourth-order valence-electron chi connectivity index (χ4n) is 1.01. The minimum atomic E-state index is -0.834. The number of imide groups is 1. The molecule has 0 saturated heterocycles. The van der Waals surface area contributed by atoms with Crippen LogP contribution in [0.2, 0.25) is 0 Å². The van der Waals surface area contributed by atoms with Gasteiger partial charge in [0.2, 0.25) is 11.8 Å². The Morgan fingerprint density at radius 1 is 1.29 bits per heavy atom. The van der Waals surface area contributed by atoms with Gasteiger partial charge in [-0.2, -0.15) is 0 Å². The molecule has 5 nitrogen and oxygen atoms in total. The van der Waals surface area contributed by atoms with Crippen molar-refractivity contribution in [3.63, 3.8) is 0 Å². The van der Waals surface area contributed by atoms with Crippen LogP contribution in [0.1, 0.15) is 20.3 Å². The Hall–Kier alpha value is -0.940. The summed E-state index contributed by atoms with van der Waals surface area (Å²) in [5.41, 5.74) is 10.1. The molecule has 0 aromatic rings. The van der Waals surface area contributed by atoms with Crippen LogP contribution in [0.25, 0.3) is 0 Å². The first-order valence-corrected chi connectivity index (χ1v) is 4.64. The largest absolute Gasteiger partial charge is 0.329 e. The number of amides is 2. The molecule has 0 unspecified atom stereocenters. The molecular weight excluding hydrogens is 182 g/mol. The molecule has 82 valence electrons. The van der Waals surface area contributed by atoms with Crippen molar-refractivity contribution >= 4 is 11.8 Å². The van der Waals surface area contributed by atoms with E-state index in [0.717, 1.165) is 4.90 Å². The second-order valence-corrected chi connectivity index (χ2v) is 3.58. The molecule has 0 aliphatic heterocycles. The molecule has 0 bridgehead atoms. The summed E-state index contributed by atoms with van der Waals surface area (Å²) in [6.07, 6.45) is 0.299. The molecule has 0 aliphatic carbocycles. The fraction of sp³-hybridized carbons (Fsp3) is 0.778. The SMILES string of the molecule is CCC(=O)N(C)C(=O)C(C)(CN)CN. The van der Waals surface area contributed by atoms with Gasteiger partial charge in [0, 0.05) is 26.6 Å². The van der Waals surface area contributed by atoms with Gasteiger partial charge in [-0.25, -0.2) is 0 Å². The predicted octanol–water partition coefficient (Wildman–Crippen LogP) is -0.695. The maximum atomic E-state index is 11.8. The van der Waals surface area contributed by atoms with Crippen LogP contribution in [0, 0.1) is 5.41 Å². The first-order valence-electron chi connectivity index (χ1n) is 4.64. The lowest BCUT2D eigenvalue weighted by Gasteiger charge is -2.29. The van der Waals surface area contributed by atoms with Crippen LogP contribution in [0.15, 0.2) is 0 Å². The van der Waals surface area contributed by atoms with Gasteiger partial charge in [0.25, 0.3) is 0 Å². The molecule has 0 saturated carbocycles. The lowest BCUT2D eigenvalue weighted by atomic mass is 9.89. The first kappa shape index (κ1) is 13.1. The molecule has 0 aliphatic rings. The van der Waals surface area contributed by atoms with Gasteiger partial charge in [0.1, 0.15) is 0 Å². The molecule has 4 N–H and O–H groups in total. The van der Waals surface area contributed by atoms with E-state index >= 15 is 0 Å².